The van der Waals surface area contributed by atoms with Gasteiger partial charge in [0, 0.05) is 13.1 Å². The van der Waals surface area contributed by atoms with Crippen LogP contribution in [-0.4, -0.2) is 39.2 Å². The van der Waals surface area contributed by atoms with Crippen LogP contribution in [-0.2, 0) is 0 Å². The molecule has 0 aliphatic carbocycles. The maximum absolute atomic E-state index is 11.0. The minimum absolute atomic E-state index is 0.0262. The van der Waals surface area contributed by atoms with E-state index < -0.39 is 4.92 Å². The van der Waals surface area contributed by atoms with E-state index in [0.29, 0.717) is 13.1 Å². The van der Waals surface area contributed by atoms with Gasteiger partial charge in [-0.1, -0.05) is 0 Å². The van der Waals surface area contributed by atoms with Crippen molar-refractivity contribution in [2.24, 2.45) is 5.92 Å². The molecule has 1 unspecified atom stereocenters. The summed E-state index contributed by atoms with van der Waals surface area (Å²) < 4.78 is 0. The van der Waals surface area contributed by atoms with Crippen LogP contribution in [0.25, 0.3) is 0 Å². The van der Waals surface area contributed by atoms with Crippen LogP contribution in [0.15, 0.2) is 6.20 Å². The normalized spacial score (nSPS) is 18.3. The Morgan fingerprint density at radius 2 is 2.21 bits per heavy atom. The van der Waals surface area contributed by atoms with Gasteiger partial charge in [-0.2, -0.15) is 4.98 Å². The summed E-state index contributed by atoms with van der Waals surface area (Å²) in [5.74, 6) is 0.522. The van der Waals surface area contributed by atoms with Gasteiger partial charge >= 0.3 is 5.69 Å². The standard InChI is InChI=1S/C11H17N5O3/c1-7(17)8-2-4-15(5-3-8)10-9(16(18)19)6-13-11(12)14-10/h6-8,17H,2-5H2,1H3,(H2,12,13,14). The van der Waals surface area contributed by atoms with Crippen LogP contribution in [0, 0.1) is 16.0 Å². The molecule has 0 radical (unpaired) electrons. The molecule has 8 nitrogen and oxygen atoms in total. The molecule has 2 rings (SSSR count). The van der Waals surface area contributed by atoms with Crippen LogP contribution in [0.3, 0.4) is 0 Å². The molecule has 104 valence electrons. The van der Waals surface area contributed by atoms with Gasteiger partial charge in [-0.05, 0) is 25.7 Å². The molecule has 0 aromatic carbocycles. The lowest BCUT2D eigenvalue weighted by molar-refractivity contribution is -0.384. The van der Waals surface area contributed by atoms with Crippen molar-refractivity contribution in [1.29, 1.82) is 0 Å². The highest BCUT2D eigenvalue weighted by Crippen LogP contribution is 2.30. The first kappa shape index (κ1) is 13.5. The van der Waals surface area contributed by atoms with Crippen molar-refractivity contribution in [2.45, 2.75) is 25.9 Å². The molecule has 0 amide bonds. The molecule has 1 atom stereocenters. The summed E-state index contributed by atoms with van der Waals surface area (Å²) in [6.07, 6.45) is 2.34. The molecule has 1 aliphatic heterocycles. The number of aromatic nitrogens is 2. The van der Waals surface area contributed by atoms with Gasteiger partial charge in [-0.3, -0.25) is 10.1 Å². The van der Waals surface area contributed by atoms with Gasteiger partial charge in [-0.15, -0.1) is 0 Å². The zero-order chi connectivity index (χ0) is 14.0. The number of aliphatic hydroxyl groups is 1. The largest absolute Gasteiger partial charge is 0.393 e. The predicted molar refractivity (Wildman–Crippen MR) is 69.7 cm³/mol. The second-order valence-corrected chi connectivity index (χ2v) is 4.76. The number of hydrogen-bond acceptors (Lipinski definition) is 7. The molecule has 19 heavy (non-hydrogen) atoms. The number of rotatable bonds is 3. The zero-order valence-corrected chi connectivity index (χ0v) is 10.7. The summed E-state index contributed by atoms with van der Waals surface area (Å²) in [5.41, 5.74) is 5.36. The molecule has 1 fully saturated rings. The van der Waals surface area contributed by atoms with Crippen LogP contribution in [0.5, 0.6) is 0 Å². The summed E-state index contributed by atoms with van der Waals surface area (Å²) in [7, 11) is 0. The fourth-order valence-corrected chi connectivity index (χ4v) is 2.33. The maximum atomic E-state index is 11.0. The van der Waals surface area contributed by atoms with Crippen LogP contribution in [0.1, 0.15) is 19.8 Å². The highest BCUT2D eigenvalue weighted by Gasteiger charge is 2.28. The monoisotopic (exact) mass is 267 g/mol. The van der Waals surface area contributed by atoms with Crippen molar-refractivity contribution in [3.8, 4) is 0 Å². The van der Waals surface area contributed by atoms with Crippen molar-refractivity contribution < 1.29 is 10.0 Å². The molecule has 1 aliphatic rings. The molecular weight excluding hydrogens is 250 g/mol. The number of hydrogen-bond donors (Lipinski definition) is 2. The van der Waals surface area contributed by atoms with Crippen molar-refractivity contribution in [2.75, 3.05) is 23.7 Å². The molecule has 3 N–H and O–H groups in total. The van der Waals surface area contributed by atoms with Crippen molar-refractivity contribution in [3.63, 3.8) is 0 Å². The van der Waals surface area contributed by atoms with Crippen LogP contribution < -0.4 is 10.6 Å². The molecule has 8 heteroatoms. The minimum Gasteiger partial charge on any atom is -0.393 e. The smallest absolute Gasteiger partial charge is 0.329 e. The molecule has 0 saturated carbocycles. The number of nitrogens with two attached hydrogens (primary N) is 1. The van der Waals surface area contributed by atoms with Crippen molar-refractivity contribution in [3.05, 3.63) is 16.3 Å². The zero-order valence-electron chi connectivity index (χ0n) is 10.7. The fraction of sp³-hybridized carbons (Fsp3) is 0.636. The van der Waals surface area contributed by atoms with Gasteiger partial charge in [0.25, 0.3) is 0 Å². The first-order valence-corrected chi connectivity index (χ1v) is 6.19. The Morgan fingerprint density at radius 3 is 2.74 bits per heavy atom. The van der Waals surface area contributed by atoms with Gasteiger partial charge in [0.05, 0.1) is 11.0 Å². The maximum Gasteiger partial charge on any atom is 0.329 e. The number of nitrogens with zero attached hydrogens (tertiary/aromatic N) is 4. The van der Waals surface area contributed by atoms with Crippen molar-refractivity contribution >= 4 is 17.5 Å². The Bertz CT molecular complexity index is 471. The van der Waals surface area contributed by atoms with E-state index in [4.69, 9.17) is 5.73 Å². The average molecular weight is 267 g/mol. The molecular formula is C11H17N5O3. The topological polar surface area (TPSA) is 118 Å². The van der Waals surface area contributed by atoms with Crippen LogP contribution in [0.4, 0.5) is 17.5 Å². The quantitative estimate of drug-likeness (QED) is 0.606. The number of nitrogen functional groups attached to an aromatic ring is 1. The lowest BCUT2D eigenvalue weighted by atomic mass is 9.92. The lowest BCUT2D eigenvalue weighted by Gasteiger charge is -2.33. The van der Waals surface area contributed by atoms with Crippen molar-refractivity contribution in [1.82, 2.24) is 9.97 Å². The molecule has 1 aromatic rings. The fourth-order valence-electron chi connectivity index (χ4n) is 2.33. The Kier molecular flexibility index (Phi) is 3.79. The van der Waals surface area contributed by atoms with E-state index in [-0.39, 0.29) is 29.5 Å². The number of nitro groups is 1. The van der Waals surface area contributed by atoms with Crippen LogP contribution in [0.2, 0.25) is 0 Å². The first-order valence-electron chi connectivity index (χ1n) is 6.19. The minimum atomic E-state index is -0.504. The Balaban J connectivity index is 2.19. The third-order valence-corrected chi connectivity index (χ3v) is 3.49. The number of anilines is 2. The molecule has 0 spiro atoms. The lowest BCUT2D eigenvalue weighted by Crippen LogP contribution is -2.37. The van der Waals surface area contributed by atoms with E-state index in [0.717, 1.165) is 19.0 Å². The van der Waals surface area contributed by atoms with E-state index >= 15 is 0 Å². The Morgan fingerprint density at radius 1 is 1.58 bits per heavy atom. The molecule has 1 saturated heterocycles. The number of aliphatic hydroxyl groups excluding tert-OH is 1. The average Bonchev–Trinajstić information content (AvgIpc) is 2.38. The highest BCUT2D eigenvalue weighted by molar-refractivity contribution is 5.58. The van der Waals surface area contributed by atoms with E-state index in [1.165, 1.54) is 0 Å². The summed E-state index contributed by atoms with van der Waals surface area (Å²) in [6.45, 7) is 3.01. The summed E-state index contributed by atoms with van der Waals surface area (Å²) >= 11 is 0. The van der Waals surface area contributed by atoms with Gasteiger partial charge in [0.2, 0.25) is 11.8 Å². The first-order chi connectivity index (χ1) is 8.99. The summed E-state index contributed by atoms with van der Waals surface area (Å²) in [4.78, 5) is 19.9. The van der Waals surface area contributed by atoms with E-state index in [9.17, 15) is 15.2 Å². The van der Waals surface area contributed by atoms with Gasteiger partial charge in [-0.25, -0.2) is 4.98 Å². The Labute approximate surface area is 110 Å². The number of piperidine rings is 1. The third kappa shape index (κ3) is 2.90. The Hall–Kier alpha value is -1.96. The van der Waals surface area contributed by atoms with Gasteiger partial charge < -0.3 is 15.7 Å². The molecule has 1 aromatic heterocycles. The van der Waals surface area contributed by atoms with E-state index in [2.05, 4.69) is 9.97 Å². The second kappa shape index (κ2) is 5.35. The third-order valence-electron chi connectivity index (χ3n) is 3.49. The van der Waals surface area contributed by atoms with E-state index in [1.54, 1.807) is 6.92 Å². The van der Waals surface area contributed by atoms with Gasteiger partial charge in [0.1, 0.15) is 6.20 Å². The second-order valence-electron chi connectivity index (χ2n) is 4.76. The predicted octanol–water partition coefficient (Wildman–Crippen LogP) is 0.564. The molecule has 0 bridgehead atoms. The van der Waals surface area contributed by atoms with Crippen LogP contribution >= 0.6 is 0 Å². The highest BCUT2D eigenvalue weighted by atomic mass is 16.6. The molecule has 2 heterocycles. The summed E-state index contributed by atoms with van der Waals surface area (Å²) in [5, 5.41) is 20.5. The van der Waals surface area contributed by atoms with E-state index in [1.807, 2.05) is 4.90 Å². The SMILES string of the molecule is CC(O)C1CCN(c2nc(N)ncc2[N+](=O)[O-])CC1. The van der Waals surface area contributed by atoms with Gasteiger partial charge in [0.15, 0.2) is 0 Å². The summed E-state index contributed by atoms with van der Waals surface area (Å²) in [6, 6.07) is 0.